The van der Waals surface area contributed by atoms with Crippen molar-refractivity contribution in [3.8, 4) is 0 Å². The molecule has 1 heterocycles. The van der Waals surface area contributed by atoms with Gasteiger partial charge in [0.05, 0.1) is 6.54 Å². The zero-order valence-corrected chi connectivity index (χ0v) is 13.4. The van der Waals surface area contributed by atoms with Gasteiger partial charge in [0, 0.05) is 11.4 Å². The number of aryl methyl sites for hydroxylation is 1. The first-order valence-electron chi connectivity index (χ1n) is 7.80. The average molecular weight is 289 g/mol. The summed E-state index contributed by atoms with van der Waals surface area (Å²) < 4.78 is 0. The Bertz CT molecular complexity index is 505. The topological polar surface area (TPSA) is 58.4 Å². The van der Waals surface area contributed by atoms with E-state index >= 15 is 0 Å². The lowest BCUT2D eigenvalue weighted by molar-refractivity contribution is -0.117. The molecule has 2 rings (SSSR count). The number of nitrogens with one attached hydrogen (secondary N) is 1. The van der Waals surface area contributed by atoms with E-state index in [1.54, 1.807) is 0 Å². The van der Waals surface area contributed by atoms with E-state index < -0.39 is 0 Å². The van der Waals surface area contributed by atoms with Crippen LogP contribution in [0.3, 0.4) is 0 Å². The van der Waals surface area contributed by atoms with Crippen molar-refractivity contribution in [3.63, 3.8) is 0 Å². The number of benzene rings is 1. The van der Waals surface area contributed by atoms with E-state index in [4.69, 9.17) is 5.73 Å². The highest BCUT2D eigenvalue weighted by molar-refractivity contribution is 5.93. The molecule has 1 amide bonds. The number of amides is 1. The van der Waals surface area contributed by atoms with Crippen molar-refractivity contribution in [2.45, 2.75) is 40.0 Å². The van der Waals surface area contributed by atoms with Gasteiger partial charge in [-0.3, -0.25) is 9.69 Å². The van der Waals surface area contributed by atoms with Gasteiger partial charge in [-0.15, -0.1) is 0 Å². The van der Waals surface area contributed by atoms with Crippen LogP contribution in [0.5, 0.6) is 0 Å². The number of hydrogen-bond donors (Lipinski definition) is 2. The Labute approximate surface area is 127 Å². The molecule has 1 fully saturated rings. The van der Waals surface area contributed by atoms with Crippen molar-refractivity contribution in [2.75, 3.05) is 30.7 Å². The maximum atomic E-state index is 12.2. The minimum atomic E-state index is 0.0583. The molecule has 0 bridgehead atoms. The highest BCUT2D eigenvalue weighted by Crippen LogP contribution is 2.33. The van der Waals surface area contributed by atoms with Gasteiger partial charge < -0.3 is 11.1 Å². The molecular formula is C17H27N3O. The van der Waals surface area contributed by atoms with Gasteiger partial charge in [-0.1, -0.05) is 20.3 Å². The first-order chi connectivity index (χ1) is 9.92. The van der Waals surface area contributed by atoms with Gasteiger partial charge in [-0.05, 0) is 62.0 Å². The van der Waals surface area contributed by atoms with E-state index in [0.29, 0.717) is 12.0 Å². The monoisotopic (exact) mass is 289 g/mol. The maximum Gasteiger partial charge on any atom is 0.238 e. The Morgan fingerprint density at radius 3 is 2.62 bits per heavy atom. The lowest BCUT2D eigenvalue weighted by Crippen LogP contribution is -2.42. The molecular weight excluding hydrogens is 262 g/mol. The SMILES string of the molecule is CCC1(C)CCN(CC(=O)Nc2ccc(N)cc2C)CC1. The second-order valence-electron chi connectivity index (χ2n) is 6.56. The second-order valence-corrected chi connectivity index (χ2v) is 6.56. The van der Waals surface area contributed by atoms with E-state index in [1.807, 2.05) is 25.1 Å². The number of anilines is 2. The van der Waals surface area contributed by atoms with Crippen LogP contribution in [0, 0.1) is 12.3 Å². The highest BCUT2D eigenvalue weighted by atomic mass is 16.2. The van der Waals surface area contributed by atoms with E-state index in [2.05, 4.69) is 24.1 Å². The number of likely N-dealkylation sites (tertiary alicyclic amines) is 1. The zero-order valence-electron chi connectivity index (χ0n) is 13.4. The molecule has 0 radical (unpaired) electrons. The number of nitrogen functional groups attached to an aromatic ring is 1. The molecule has 21 heavy (non-hydrogen) atoms. The summed E-state index contributed by atoms with van der Waals surface area (Å²) in [4.78, 5) is 14.4. The van der Waals surface area contributed by atoms with Gasteiger partial charge in [0.15, 0.2) is 0 Å². The predicted molar refractivity (Wildman–Crippen MR) is 88.3 cm³/mol. The Kier molecular flexibility index (Phi) is 4.88. The standard InChI is InChI=1S/C17H27N3O/c1-4-17(3)7-9-20(10-8-17)12-16(21)19-15-6-5-14(18)11-13(15)2/h5-6,11H,4,7-10,12,18H2,1-3H3,(H,19,21). The molecule has 0 aromatic heterocycles. The van der Waals surface area contributed by atoms with E-state index in [1.165, 1.54) is 19.3 Å². The molecule has 1 aromatic carbocycles. The summed E-state index contributed by atoms with van der Waals surface area (Å²) in [6.07, 6.45) is 3.58. The van der Waals surface area contributed by atoms with Gasteiger partial charge in [-0.2, -0.15) is 0 Å². The fourth-order valence-corrected chi connectivity index (χ4v) is 2.82. The first-order valence-corrected chi connectivity index (χ1v) is 7.80. The predicted octanol–water partition coefficient (Wildman–Crippen LogP) is 3.03. The van der Waals surface area contributed by atoms with Crippen LogP contribution in [-0.4, -0.2) is 30.4 Å². The number of carbonyl (C=O) groups excluding carboxylic acids is 1. The normalized spacial score (nSPS) is 18.4. The van der Waals surface area contributed by atoms with Gasteiger partial charge >= 0.3 is 0 Å². The third-order valence-electron chi connectivity index (χ3n) is 4.81. The molecule has 4 heteroatoms. The smallest absolute Gasteiger partial charge is 0.238 e. The molecule has 4 nitrogen and oxygen atoms in total. The van der Waals surface area contributed by atoms with Crippen LogP contribution in [0.2, 0.25) is 0 Å². The van der Waals surface area contributed by atoms with Crippen LogP contribution in [0.25, 0.3) is 0 Å². The molecule has 0 spiro atoms. The lowest BCUT2D eigenvalue weighted by Gasteiger charge is -2.38. The molecule has 0 unspecified atom stereocenters. The van der Waals surface area contributed by atoms with Crippen molar-refractivity contribution < 1.29 is 4.79 Å². The summed E-state index contributed by atoms with van der Waals surface area (Å²) in [5.41, 5.74) is 8.76. The largest absolute Gasteiger partial charge is 0.399 e. The molecule has 0 saturated carbocycles. The summed E-state index contributed by atoms with van der Waals surface area (Å²) >= 11 is 0. The number of nitrogens with zero attached hydrogens (tertiary/aromatic N) is 1. The molecule has 1 aliphatic heterocycles. The molecule has 1 aromatic rings. The Morgan fingerprint density at radius 1 is 1.38 bits per heavy atom. The van der Waals surface area contributed by atoms with Crippen molar-refractivity contribution in [1.29, 1.82) is 0 Å². The first kappa shape index (κ1) is 15.8. The third-order valence-corrected chi connectivity index (χ3v) is 4.81. The van der Waals surface area contributed by atoms with E-state index in [-0.39, 0.29) is 5.91 Å². The van der Waals surface area contributed by atoms with Gasteiger partial charge in [0.1, 0.15) is 0 Å². The number of piperidine rings is 1. The summed E-state index contributed by atoms with van der Waals surface area (Å²) in [6.45, 7) is 9.06. The Morgan fingerprint density at radius 2 is 2.05 bits per heavy atom. The van der Waals surface area contributed by atoms with E-state index in [9.17, 15) is 4.79 Å². The van der Waals surface area contributed by atoms with Crippen LogP contribution in [0.15, 0.2) is 18.2 Å². The van der Waals surface area contributed by atoms with Crippen molar-refractivity contribution >= 4 is 17.3 Å². The fourth-order valence-electron chi connectivity index (χ4n) is 2.82. The minimum absolute atomic E-state index is 0.0583. The van der Waals surface area contributed by atoms with Crippen LogP contribution in [0.1, 0.15) is 38.7 Å². The second kappa shape index (κ2) is 6.48. The maximum absolute atomic E-state index is 12.2. The lowest BCUT2D eigenvalue weighted by atomic mass is 9.78. The van der Waals surface area contributed by atoms with Gasteiger partial charge in [-0.25, -0.2) is 0 Å². The Hall–Kier alpha value is -1.55. The van der Waals surface area contributed by atoms with Gasteiger partial charge in [0.2, 0.25) is 5.91 Å². The molecule has 1 aliphatic rings. The average Bonchev–Trinajstić information content (AvgIpc) is 2.45. The molecule has 1 saturated heterocycles. The molecule has 116 valence electrons. The molecule has 0 aliphatic carbocycles. The number of hydrogen-bond acceptors (Lipinski definition) is 3. The van der Waals surface area contributed by atoms with Crippen LogP contribution in [-0.2, 0) is 4.79 Å². The highest BCUT2D eigenvalue weighted by Gasteiger charge is 2.28. The molecule has 3 N–H and O–H groups in total. The third kappa shape index (κ3) is 4.21. The number of nitrogens with two attached hydrogens (primary N) is 1. The summed E-state index contributed by atoms with van der Waals surface area (Å²) in [5.74, 6) is 0.0583. The zero-order chi connectivity index (χ0) is 15.5. The van der Waals surface area contributed by atoms with Crippen molar-refractivity contribution in [3.05, 3.63) is 23.8 Å². The van der Waals surface area contributed by atoms with Crippen LogP contribution >= 0.6 is 0 Å². The van der Waals surface area contributed by atoms with Crippen LogP contribution < -0.4 is 11.1 Å². The van der Waals surface area contributed by atoms with Crippen LogP contribution in [0.4, 0.5) is 11.4 Å². The van der Waals surface area contributed by atoms with Crippen molar-refractivity contribution in [2.24, 2.45) is 5.41 Å². The minimum Gasteiger partial charge on any atom is -0.399 e. The number of rotatable bonds is 4. The fraction of sp³-hybridized carbons (Fsp3) is 0.588. The summed E-state index contributed by atoms with van der Waals surface area (Å²) in [5, 5.41) is 2.98. The Balaban J connectivity index is 1.85. The van der Waals surface area contributed by atoms with E-state index in [0.717, 1.165) is 30.0 Å². The molecule has 0 atom stereocenters. The quantitative estimate of drug-likeness (QED) is 0.838. The summed E-state index contributed by atoms with van der Waals surface area (Å²) in [7, 11) is 0. The van der Waals surface area contributed by atoms with Gasteiger partial charge in [0.25, 0.3) is 0 Å². The summed E-state index contributed by atoms with van der Waals surface area (Å²) in [6, 6.07) is 5.56. The number of carbonyl (C=O) groups is 1. The van der Waals surface area contributed by atoms with Crippen molar-refractivity contribution in [1.82, 2.24) is 4.90 Å².